The smallest absolute Gasteiger partial charge is 0.263 e. The highest BCUT2D eigenvalue weighted by atomic mass is 32.1. The van der Waals surface area contributed by atoms with Crippen LogP contribution in [0.25, 0.3) is 33.0 Å². The third kappa shape index (κ3) is 7.37. The molecule has 0 N–H and O–H groups in total. The Hall–Kier alpha value is -4.79. The van der Waals surface area contributed by atoms with Crippen LogP contribution in [0.15, 0.2) is 96.8 Å². The maximum atomic E-state index is 5.78. The van der Waals surface area contributed by atoms with Gasteiger partial charge in [-0.1, -0.05) is 54.7 Å². The monoisotopic (exact) mass is 689 g/mol. The summed E-state index contributed by atoms with van der Waals surface area (Å²) in [6, 6.07) is 29.8. The third-order valence-electron chi connectivity index (χ3n) is 9.26. The first-order valence-electron chi connectivity index (χ1n) is 17.3. The van der Waals surface area contributed by atoms with Crippen LogP contribution in [0.3, 0.4) is 0 Å². The van der Waals surface area contributed by atoms with Crippen LogP contribution in [0, 0.1) is 0 Å². The number of fused-ring (bicyclic) bond motifs is 2. The molecule has 0 saturated carbocycles. The van der Waals surface area contributed by atoms with E-state index in [-0.39, 0.29) is 0 Å². The quantitative estimate of drug-likeness (QED) is 0.109. The summed E-state index contributed by atoms with van der Waals surface area (Å²) < 4.78 is 20.8. The lowest BCUT2D eigenvalue weighted by Gasteiger charge is -2.40. The Balaban J connectivity index is 1.50. The van der Waals surface area contributed by atoms with E-state index in [2.05, 4.69) is 126 Å². The first-order chi connectivity index (χ1) is 24.3. The standard InChI is InChI=1S/C42H49N4O3S/c1-8-22-45(24-13-23-43(2)3)40-26-32(34-28-33(47-5)19-21-35(34)46(40)29-30-14-10-9-11-15-30)27-41-44(4)36-20-18-31(25-39(36)50-41)42-37(48-6)16-12-17-38(42)49-7/h9-12,14-21,25-28H,8,13,22-24,29H2,1-7H3/q+1. The Kier molecular flexibility index (Phi) is 11.1. The van der Waals surface area contributed by atoms with Gasteiger partial charge in [-0.25, -0.2) is 0 Å². The number of anilines is 1. The van der Waals surface area contributed by atoms with Gasteiger partial charge in [0.15, 0.2) is 0 Å². The lowest BCUT2D eigenvalue weighted by molar-refractivity contribution is -0.642. The Bertz CT molecular complexity index is 1980. The van der Waals surface area contributed by atoms with E-state index < -0.39 is 0 Å². The molecular formula is C42H49N4O3S+. The van der Waals surface area contributed by atoms with Crippen LogP contribution in [0.5, 0.6) is 17.2 Å². The first-order valence-corrected chi connectivity index (χ1v) is 18.1. The molecule has 1 aromatic heterocycles. The molecule has 6 rings (SSSR count). The highest BCUT2D eigenvalue weighted by molar-refractivity contribution is 7.19. The van der Waals surface area contributed by atoms with Gasteiger partial charge in [-0.05, 0) is 98.7 Å². The summed E-state index contributed by atoms with van der Waals surface area (Å²) in [6.45, 7) is 6.05. The fourth-order valence-electron chi connectivity index (χ4n) is 6.75. The number of aromatic nitrogens is 1. The number of allylic oxidation sites excluding steroid dienone is 2. The molecule has 1 aliphatic rings. The van der Waals surface area contributed by atoms with E-state index in [1.54, 1.807) is 32.7 Å². The molecular weight excluding hydrogens is 641 g/mol. The van der Waals surface area contributed by atoms with Gasteiger partial charge in [0.1, 0.15) is 34.8 Å². The average molecular weight is 690 g/mol. The number of nitrogens with zero attached hydrogens (tertiary/aromatic N) is 4. The van der Waals surface area contributed by atoms with Crippen molar-refractivity contribution < 1.29 is 18.8 Å². The van der Waals surface area contributed by atoms with E-state index in [0.29, 0.717) is 0 Å². The zero-order valence-corrected chi connectivity index (χ0v) is 31.2. The summed E-state index contributed by atoms with van der Waals surface area (Å²) in [7, 11) is 11.6. The van der Waals surface area contributed by atoms with Crippen molar-refractivity contribution in [2.45, 2.75) is 26.3 Å². The van der Waals surface area contributed by atoms with Crippen molar-refractivity contribution in [3.8, 4) is 28.4 Å². The number of methoxy groups -OCH3 is 3. The van der Waals surface area contributed by atoms with Gasteiger partial charge < -0.3 is 28.9 Å². The summed E-state index contributed by atoms with van der Waals surface area (Å²) in [5, 5.41) is 1.16. The number of hydrogen-bond acceptors (Lipinski definition) is 7. The molecule has 0 atom stereocenters. The average Bonchev–Trinajstić information content (AvgIpc) is 3.45. The molecule has 8 heteroatoms. The van der Waals surface area contributed by atoms with Gasteiger partial charge in [0, 0.05) is 37.3 Å². The summed E-state index contributed by atoms with van der Waals surface area (Å²) >= 11 is 1.79. The minimum atomic E-state index is 0.777. The molecule has 260 valence electrons. The molecule has 0 unspecified atom stereocenters. The van der Waals surface area contributed by atoms with Gasteiger partial charge in [0.05, 0.1) is 32.6 Å². The van der Waals surface area contributed by atoms with E-state index in [9.17, 15) is 0 Å². The Morgan fingerprint density at radius 2 is 1.58 bits per heavy atom. The van der Waals surface area contributed by atoms with E-state index in [4.69, 9.17) is 14.2 Å². The predicted molar refractivity (Wildman–Crippen MR) is 208 cm³/mol. The van der Waals surface area contributed by atoms with Gasteiger partial charge >= 0.3 is 0 Å². The largest absolute Gasteiger partial charge is 0.497 e. The number of hydrogen-bond donors (Lipinski definition) is 0. The molecule has 0 spiro atoms. The zero-order chi connectivity index (χ0) is 35.2. The van der Waals surface area contributed by atoms with Crippen molar-refractivity contribution in [2.24, 2.45) is 7.05 Å². The third-order valence-corrected chi connectivity index (χ3v) is 10.4. The van der Waals surface area contributed by atoms with Crippen LogP contribution >= 0.6 is 11.3 Å². The lowest BCUT2D eigenvalue weighted by Crippen LogP contribution is -2.39. The van der Waals surface area contributed by atoms with E-state index in [0.717, 1.165) is 78.0 Å². The van der Waals surface area contributed by atoms with Crippen LogP contribution in [0.2, 0.25) is 0 Å². The van der Waals surface area contributed by atoms with Gasteiger partial charge in [0.25, 0.3) is 5.01 Å². The second kappa shape index (κ2) is 15.8. The number of benzene rings is 4. The molecule has 2 heterocycles. The molecule has 0 bridgehead atoms. The van der Waals surface area contributed by atoms with Crippen LogP contribution in [-0.4, -0.2) is 64.9 Å². The fourth-order valence-corrected chi connectivity index (χ4v) is 7.89. The maximum absolute atomic E-state index is 5.78. The van der Waals surface area contributed by atoms with Gasteiger partial charge in [-0.2, -0.15) is 4.57 Å². The van der Waals surface area contributed by atoms with Crippen molar-refractivity contribution in [1.82, 2.24) is 9.80 Å². The number of thiazole rings is 1. The predicted octanol–water partition coefficient (Wildman–Crippen LogP) is 8.48. The van der Waals surface area contributed by atoms with Crippen LogP contribution in [0.1, 0.15) is 35.9 Å². The zero-order valence-electron chi connectivity index (χ0n) is 30.4. The number of rotatable bonds is 14. The summed E-state index contributed by atoms with van der Waals surface area (Å²) in [5.41, 5.74) is 7.98. The molecule has 0 amide bonds. The molecule has 7 nitrogen and oxygen atoms in total. The molecule has 1 aliphatic heterocycles. The van der Waals surface area contributed by atoms with Crippen LogP contribution < -0.4 is 23.7 Å². The highest BCUT2D eigenvalue weighted by Gasteiger charge is 2.28. The minimum absolute atomic E-state index is 0.777. The van der Waals surface area contributed by atoms with E-state index in [1.165, 1.54) is 32.9 Å². The molecule has 5 aromatic rings. The highest BCUT2D eigenvalue weighted by Crippen LogP contribution is 2.43. The lowest BCUT2D eigenvalue weighted by atomic mass is 9.97. The number of aryl methyl sites for hydroxylation is 1. The first kappa shape index (κ1) is 35.1. The van der Waals surface area contributed by atoms with Crippen LogP contribution in [0.4, 0.5) is 5.69 Å². The molecule has 0 fully saturated rings. The maximum Gasteiger partial charge on any atom is 0.263 e. The van der Waals surface area contributed by atoms with Gasteiger partial charge in [0.2, 0.25) is 5.52 Å². The summed E-state index contributed by atoms with van der Waals surface area (Å²) in [4.78, 5) is 7.33. The van der Waals surface area contributed by atoms with Crippen molar-refractivity contribution in [1.29, 1.82) is 0 Å². The van der Waals surface area contributed by atoms with Crippen molar-refractivity contribution in [3.05, 3.63) is 113 Å². The second-order valence-electron chi connectivity index (χ2n) is 12.9. The van der Waals surface area contributed by atoms with Crippen molar-refractivity contribution >= 4 is 38.9 Å². The van der Waals surface area contributed by atoms with Crippen molar-refractivity contribution in [3.63, 3.8) is 0 Å². The normalized spacial score (nSPS) is 13.5. The Morgan fingerprint density at radius 1 is 0.820 bits per heavy atom. The Morgan fingerprint density at radius 3 is 2.26 bits per heavy atom. The number of ether oxygens (including phenoxy) is 3. The van der Waals surface area contributed by atoms with Gasteiger partial charge in [-0.3, -0.25) is 0 Å². The molecule has 0 radical (unpaired) electrons. The fraction of sp³-hybridized carbons (Fsp3) is 0.310. The second-order valence-corrected chi connectivity index (χ2v) is 14.0. The molecule has 50 heavy (non-hydrogen) atoms. The van der Waals surface area contributed by atoms with E-state index in [1.807, 2.05) is 18.2 Å². The van der Waals surface area contributed by atoms with E-state index >= 15 is 0 Å². The van der Waals surface area contributed by atoms with Crippen molar-refractivity contribution in [2.75, 3.05) is 60.0 Å². The molecule has 0 aliphatic carbocycles. The van der Waals surface area contributed by atoms with Crippen LogP contribution in [-0.2, 0) is 13.6 Å². The SMILES string of the molecule is CCCN(CCCN(C)C)C1=CC(=Cc2sc3cc(-c4c(OC)cccc4OC)ccc3[n+]2C)c2cc(OC)ccc2N1Cc1ccccc1. The molecule has 0 saturated heterocycles. The minimum Gasteiger partial charge on any atom is -0.497 e. The summed E-state index contributed by atoms with van der Waals surface area (Å²) in [6.07, 6.45) is 6.89. The van der Waals surface area contributed by atoms with Gasteiger partial charge in [-0.15, -0.1) is 0 Å². The Labute approximate surface area is 301 Å². The molecule has 4 aromatic carbocycles. The summed E-state index contributed by atoms with van der Waals surface area (Å²) in [5.74, 6) is 3.66. The topological polar surface area (TPSA) is 41.3 Å².